The monoisotopic (exact) mass is 368 g/mol. The van der Waals surface area contributed by atoms with Crippen molar-refractivity contribution in [3.8, 4) is 0 Å². The van der Waals surface area contributed by atoms with Crippen molar-refractivity contribution >= 4 is 22.7 Å². The van der Waals surface area contributed by atoms with Gasteiger partial charge in [0.15, 0.2) is 5.58 Å². The summed E-state index contributed by atoms with van der Waals surface area (Å²) in [4.78, 5) is 35.7. The van der Waals surface area contributed by atoms with Gasteiger partial charge in [-0.05, 0) is 38.5 Å². The molecule has 1 amide bonds. The second kappa shape index (κ2) is 6.98. The molecule has 2 heterocycles. The molecule has 2 N–H and O–H groups in total. The Morgan fingerprint density at radius 1 is 1.22 bits per heavy atom. The number of benzene rings is 1. The third kappa shape index (κ3) is 4.24. The van der Waals surface area contributed by atoms with Crippen LogP contribution in [0.15, 0.2) is 27.4 Å². The molecular formula is C20H24N4O3. The van der Waals surface area contributed by atoms with Crippen molar-refractivity contribution in [2.24, 2.45) is 0 Å². The van der Waals surface area contributed by atoms with Gasteiger partial charge >= 0.3 is 0 Å². The first-order valence-corrected chi connectivity index (χ1v) is 8.91. The highest BCUT2D eigenvalue weighted by Crippen LogP contribution is 2.27. The number of carbonyl (C=O) groups excluding carboxylic acids is 1. The number of aryl methyl sites for hydroxylation is 2. The van der Waals surface area contributed by atoms with Crippen molar-refractivity contribution in [3.63, 3.8) is 0 Å². The predicted molar refractivity (Wildman–Crippen MR) is 104 cm³/mol. The Labute approximate surface area is 157 Å². The first-order valence-electron chi connectivity index (χ1n) is 8.91. The number of amides is 1. The van der Waals surface area contributed by atoms with Gasteiger partial charge in [0.25, 0.3) is 5.56 Å². The summed E-state index contributed by atoms with van der Waals surface area (Å²) in [5, 5.41) is 2.85. The van der Waals surface area contributed by atoms with E-state index in [1.54, 1.807) is 32.0 Å². The van der Waals surface area contributed by atoms with Crippen LogP contribution in [0.5, 0.6) is 0 Å². The number of aromatic nitrogens is 3. The van der Waals surface area contributed by atoms with Gasteiger partial charge in [0.2, 0.25) is 11.8 Å². The fourth-order valence-electron chi connectivity index (χ4n) is 2.83. The van der Waals surface area contributed by atoms with Gasteiger partial charge in [0.1, 0.15) is 11.3 Å². The van der Waals surface area contributed by atoms with E-state index in [2.05, 4.69) is 20.3 Å². The number of fused-ring (bicyclic) bond motifs is 1. The van der Waals surface area contributed by atoms with Crippen molar-refractivity contribution in [1.29, 1.82) is 0 Å². The van der Waals surface area contributed by atoms with Crippen LogP contribution in [-0.2, 0) is 16.6 Å². The molecule has 3 rings (SSSR count). The quantitative estimate of drug-likeness (QED) is 0.735. The molecule has 0 fully saturated rings. The third-order valence-corrected chi connectivity index (χ3v) is 4.26. The molecule has 0 spiro atoms. The maximum Gasteiger partial charge on any atom is 0.254 e. The van der Waals surface area contributed by atoms with Crippen LogP contribution in [0.3, 0.4) is 0 Å². The Hall–Kier alpha value is -2.96. The van der Waals surface area contributed by atoms with Crippen molar-refractivity contribution < 1.29 is 9.21 Å². The molecule has 0 atom stereocenters. The topological polar surface area (TPSA) is 101 Å². The van der Waals surface area contributed by atoms with Crippen LogP contribution in [0.25, 0.3) is 11.1 Å². The lowest BCUT2D eigenvalue weighted by molar-refractivity contribution is -0.116. The molecule has 3 aromatic rings. The SMILES string of the molecule is Cc1nc(C)c(CCC(=O)Nc2ccc3oc(C(C)(C)C)nc3c2)c(=O)[nH]1. The Balaban J connectivity index is 1.70. The fraction of sp³-hybridized carbons (Fsp3) is 0.400. The average molecular weight is 368 g/mol. The van der Waals surface area contributed by atoms with E-state index in [9.17, 15) is 9.59 Å². The van der Waals surface area contributed by atoms with Gasteiger partial charge in [-0.2, -0.15) is 0 Å². The number of aromatic amines is 1. The van der Waals surface area contributed by atoms with Crippen molar-refractivity contribution in [3.05, 3.63) is 51.5 Å². The van der Waals surface area contributed by atoms with E-state index < -0.39 is 0 Å². The molecule has 0 saturated carbocycles. The molecule has 2 aromatic heterocycles. The molecule has 0 aliphatic heterocycles. The van der Waals surface area contributed by atoms with Gasteiger partial charge in [-0.1, -0.05) is 20.8 Å². The zero-order valence-electron chi connectivity index (χ0n) is 16.3. The molecule has 0 saturated heterocycles. The molecule has 27 heavy (non-hydrogen) atoms. The molecule has 0 unspecified atom stereocenters. The number of anilines is 1. The minimum Gasteiger partial charge on any atom is -0.440 e. The second-order valence-corrected chi connectivity index (χ2v) is 7.71. The van der Waals surface area contributed by atoms with Crippen LogP contribution in [0.4, 0.5) is 5.69 Å². The molecule has 142 valence electrons. The lowest BCUT2D eigenvalue weighted by Gasteiger charge is -2.11. The van der Waals surface area contributed by atoms with Gasteiger partial charge in [-0.3, -0.25) is 9.59 Å². The first kappa shape index (κ1) is 18.8. The maximum absolute atomic E-state index is 12.3. The lowest BCUT2D eigenvalue weighted by Crippen LogP contribution is -2.20. The largest absolute Gasteiger partial charge is 0.440 e. The number of rotatable bonds is 4. The van der Waals surface area contributed by atoms with E-state index in [4.69, 9.17) is 4.42 Å². The summed E-state index contributed by atoms with van der Waals surface area (Å²) < 4.78 is 5.76. The Morgan fingerprint density at radius 3 is 2.63 bits per heavy atom. The van der Waals surface area contributed by atoms with E-state index >= 15 is 0 Å². The van der Waals surface area contributed by atoms with Crippen LogP contribution in [0.2, 0.25) is 0 Å². The van der Waals surface area contributed by atoms with Gasteiger partial charge in [0.05, 0.1) is 0 Å². The molecule has 0 radical (unpaired) electrons. The number of H-pyrrole nitrogens is 1. The molecule has 0 aliphatic carbocycles. The Morgan fingerprint density at radius 2 is 1.96 bits per heavy atom. The number of nitrogens with one attached hydrogen (secondary N) is 2. The van der Waals surface area contributed by atoms with Gasteiger partial charge in [-0.15, -0.1) is 0 Å². The van der Waals surface area contributed by atoms with E-state index in [0.29, 0.717) is 46.2 Å². The number of carbonyl (C=O) groups is 1. The summed E-state index contributed by atoms with van der Waals surface area (Å²) in [6.07, 6.45) is 0.527. The first-order chi connectivity index (χ1) is 12.6. The number of hydrogen-bond donors (Lipinski definition) is 2. The number of hydrogen-bond acceptors (Lipinski definition) is 5. The summed E-state index contributed by atoms with van der Waals surface area (Å²) >= 11 is 0. The highest BCUT2D eigenvalue weighted by atomic mass is 16.3. The summed E-state index contributed by atoms with van der Waals surface area (Å²) in [6.45, 7) is 9.61. The lowest BCUT2D eigenvalue weighted by atomic mass is 9.97. The summed E-state index contributed by atoms with van der Waals surface area (Å²) in [7, 11) is 0. The minimum atomic E-state index is -0.188. The maximum atomic E-state index is 12.3. The molecule has 1 aromatic carbocycles. The highest BCUT2D eigenvalue weighted by molar-refractivity contribution is 5.92. The number of nitrogens with zero attached hydrogens (tertiary/aromatic N) is 2. The van der Waals surface area contributed by atoms with Gasteiger partial charge < -0.3 is 14.7 Å². The minimum absolute atomic E-state index is 0.173. The van der Waals surface area contributed by atoms with Crippen LogP contribution in [0, 0.1) is 13.8 Å². The van der Waals surface area contributed by atoms with Crippen LogP contribution < -0.4 is 10.9 Å². The van der Waals surface area contributed by atoms with E-state index in [1.165, 1.54) is 0 Å². The van der Waals surface area contributed by atoms with Crippen LogP contribution >= 0.6 is 0 Å². The Bertz CT molecular complexity index is 1060. The highest BCUT2D eigenvalue weighted by Gasteiger charge is 2.21. The Kier molecular flexibility index (Phi) is 4.87. The summed E-state index contributed by atoms with van der Waals surface area (Å²) in [6, 6.07) is 5.37. The summed E-state index contributed by atoms with van der Waals surface area (Å²) in [5.41, 5.74) is 2.86. The predicted octanol–water partition coefficient (Wildman–Crippen LogP) is 3.40. The molecular weight excluding hydrogens is 344 g/mol. The molecule has 0 bridgehead atoms. The smallest absolute Gasteiger partial charge is 0.254 e. The fourth-order valence-corrected chi connectivity index (χ4v) is 2.83. The normalized spacial score (nSPS) is 11.7. The zero-order chi connectivity index (χ0) is 19.8. The number of oxazole rings is 1. The molecule has 7 heteroatoms. The van der Waals surface area contributed by atoms with E-state index in [1.807, 2.05) is 20.8 Å². The van der Waals surface area contributed by atoms with Crippen molar-refractivity contribution in [2.75, 3.05) is 5.32 Å². The average Bonchev–Trinajstić information content (AvgIpc) is 2.97. The molecule has 0 aliphatic rings. The van der Waals surface area contributed by atoms with Crippen molar-refractivity contribution in [1.82, 2.24) is 15.0 Å². The van der Waals surface area contributed by atoms with Gasteiger partial charge in [0, 0.05) is 28.8 Å². The van der Waals surface area contributed by atoms with Crippen LogP contribution in [0.1, 0.15) is 50.2 Å². The second-order valence-electron chi connectivity index (χ2n) is 7.71. The summed E-state index contributed by atoms with van der Waals surface area (Å²) in [5.74, 6) is 1.05. The third-order valence-electron chi connectivity index (χ3n) is 4.26. The van der Waals surface area contributed by atoms with E-state index in [0.717, 1.165) is 0 Å². The molecule has 7 nitrogen and oxygen atoms in total. The standard InChI is InChI=1S/C20H24N4O3/c1-11-14(18(26)22-12(2)21-11)7-9-17(25)23-13-6-8-16-15(10-13)24-19(27-16)20(3,4)5/h6,8,10H,7,9H2,1-5H3,(H,23,25)(H,21,22,26). The van der Waals surface area contributed by atoms with Crippen molar-refractivity contribution in [2.45, 2.75) is 52.9 Å². The van der Waals surface area contributed by atoms with Gasteiger partial charge in [-0.25, -0.2) is 9.97 Å². The zero-order valence-corrected chi connectivity index (χ0v) is 16.3. The van der Waals surface area contributed by atoms with Crippen LogP contribution in [-0.4, -0.2) is 20.9 Å². The van der Waals surface area contributed by atoms with E-state index in [-0.39, 0.29) is 23.3 Å².